The van der Waals surface area contributed by atoms with E-state index in [2.05, 4.69) is 10.3 Å². The maximum Gasteiger partial charge on any atom is 0.277 e. The third-order valence-electron chi connectivity index (χ3n) is 4.53. The van der Waals surface area contributed by atoms with Gasteiger partial charge in [0, 0.05) is 11.4 Å². The fraction of sp³-hybridized carbons (Fsp3) is 0.250. The predicted molar refractivity (Wildman–Crippen MR) is 113 cm³/mol. The average Bonchev–Trinajstić information content (AvgIpc) is 3.48. The third-order valence-corrected chi connectivity index (χ3v) is 6.40. The molecule has 0 bridgehead atoms. The standard InChI is InChI=1S/C20H19N3O4S2/c1-12-17(22-19(27-12)16-4-3-9-29-16)20(25)23-11-28-10-15(23)18(24)21-13-5-7-14(26-2)8-6-13/h3-9,15H,10-11H2,1-2H3,(H,21,24). The average molecular weight is 430 g/mol. The molecular weight excluding hydrogens is 410 g/mol. The van der Waals surface area contributed by atoms with Gasteiger partial charge in [0.1, 0.15) is 17.6 Å². The van der Waals surface area contributed by atoms with Crippen LogP contribution in [0, 0.1) is 6.92 Å². The van der Waals surface area contributed by atoms with E-state index >= 15 is 0 Å². The van der Waals surface area contributed by atoms with Gasteiger partial charge >= 0.3 is 0 Å². The van der Waals surface area contributed by atoms with Crippen LogP contribution < -0.4 is 10.1 Å². The molecule has 1 saturated heterocycles. The number of benzene rings is 1. The number of thiophene rings is 1. The summed E-state index contributed by atoms with van der Waals surface area (Å²) in [4.78, 5) is 32.7. The van der Waals surface area contributed by atoms with E-state index in [1.54, 1.807) is 43.2 Å². The third kappa shape index (κ3) is 4.01. The molecule has 7 nitrogen and oxygen atoms in total. The Hall–Kier alpha value is -2.78. The van der Waals surface area contributed by atoms with Crippen LogP contribution in [0.3, 0.4) is 0 Å². The Balaban J connectivity index is 1.50. The van der Waals surface area contributed by atoms with Gasteiger partial charge in [-0.2, -0.15) is 0 Å². The number of hydrogen-bond donors (Lipinski definition) is 1. The summed E-state index contributed by atoms with van der Waals surface area (Å²) in [6.45, 7) is 1.72. The molecule has 29 heavy (non-hydrogen) atoms. The molecule has 0 radical (unpaired) electrons. The number of thioether (sulfide) groups is 1. The number of methoxy groups -OCH3 is 1. The van der Waals surface area contributed by atoms with Crippen molar-refractivity contribution < 1.29 is 18.7 Å². The van der Waals surface area contributed by atoms with E-state index in [9.17, 15) is 9.59 Å². The SMILES string of the molecule is COc1ccc(NC(=O)C2CSCN2C(=O)c2nc(-c3cccs3)oc2C)cc1. The van der Waals surface area contributed by atoms with E-state index < -0.39 is 6.04 Å². The smallest absolute Gasteiger partial charge is 0.277 e. The Morgan fingerprint density at radius 2 is 2.07 bits per heavy atom. The molecule has 0 spiro atoms. The zero-order valence-corrected chi connectivity index (χ0v) is 17.5. The Kier molecular flexibility index (Phi) is 5.59. The quantitative estimate of drug-likeness (QED) is 0.663. The second-order valence-electron chi connectivity index (χ2n) is 6.41. The molecule has 0 saturated carbocycles. The Morgan fingerprint density at radius 3 is 2.76 bits per heavy atom. The number of oxazole rings is 1. The number of carbonyl (C=O) groups is 2. The Bertz CT molecular complexity index is 1020. The second kappa shape index (κ2) is 8.30. The molecule has 1 unspecified atom stereocenters. The fourth-order valence-electron chi connectivity index (χ4n) is 3.00. The van der Waals surface area contributed by atoms with Gasteiger partial charge in [-0.05, 0) is 42.6 Å². The largest absolute Gasteiger partial charge is 0.497 e. The molecular formula is C20H19N3O4S2. The molecule has 0 aliphatic carbocycles. The second-order valence-corrected chi connectivity index (χ2v) is 8.36. The summed E-state index contributed by atoms with van der Waals surface area (Å²) in [5.74, 6) is 2.01. The van der Waals surface area contributed by atoms with E-state index in [0.717, 1.165) is 4.88 Å². The first-order valence-corrected chi connectivity index (χ1v) is 10.9. The molecule has 1 aromatic carbocycles. The summed E-state index contributed by atoms with van der Waals surface area (Å²) >= 11 is 3.03. The van der Waals surface area contributed by atoms with Gasteiger partial charge in [-0.3, -0.25) is 9.59 Å². The summed E-state index contributed by atoms with van der Waals surface area (Å²) in [5, 5.41) is 4.79. The lowest BCUT2D eigenvalue weighted by atomic mass is 10.2. The van der Waals surface area contributed by atoms with Crippen LogP contribution in [0.2, 0.25) is 0 Å². The van der Waals surface area contributed by atoms with Gasteiger partial charge in [-0.15, -0.1) is 23.1 Å². The number of aromatic nitrogens is 1. The van der Waals surface area contributed by atoms with E-state index in [1.807, 2.05) is 17.5 Å². The molecule has 4 rings (SSSR count). The van der Waals surface area contributed by atoms with Crippen molar-refractivity contribution in [3.8, 4) is 16.5 Å². The maximum absolute atomic E-state index is 13.1. The normalized spacial score (nSPS) is 16.1. The van der Waals surface area contributed by atoms with E-state index in [1.165, 1.54) is 23.1 Å². The Morgan fingerprint density at radius 1 is 1.28 bits per heavy atom. The molecule has 1 aliphatic rings. The summed E-state index contributed by atoms with van der Waals surface area (Å²) in [6, 6.07) is 10.3. The van der Waals surface area contributed by atoms with Crippen molar-refractivity contribution in [3.05, 3.63) is 53.2 Å². The number of amides is 2. The first-order chi connectivity index (χ1) is 14.1. The lowest BCUT2D eigenvalue weighted by Crippen LogP contribution is -2.44. The fourth-order valence-corrected chi connectivity index (χ4v) is 4.80. The van der Waals surface area contributed by atoms with Crippen LogP contribution in [0.4, 0.5) is 5.69 Å². The van der Waals surface area contributed by atoms with Crippen LogP contribution in [0.15, 0.2) is 46.2 Å². The minimum atomic E-state index is -0.573. The number of hydrogen-bond acceptors (Lipinski definition) is 7. The zero-order chi connectivity index (χ0) is 20.4. The van der Waals surface area contributed by atoms with E-state index in [4.69, 9.17) is 9.15 Å². The van der Waals surface area contributed by atoms with Crippen molar-refractivity contribution in [2.75, 3.05) is 24.1 Å². The van der Waals surface area contributed by atoms with Crippen LogP contribution in [-0.2, 0) is 4.79 Å². The lowest BCUT2D eigenvalue weighted by Gasteiger charge is -2.22. The maximum atomic E-state index is 13.1. The van der Waals surface area contributed by atoms with Crippen molar-refractivity contribution in [1.29, 1.82) is 0 Å². The van der Waals surface area contributed by atoms with Crippen molar-refractivity contribution in [3.63, 3.8) is 0 Å². The van der Waals surface area contributed by atoms with E-state index in [-0.39, 0.29) is 17.5 Å². The molecule has 9 heteroatoms. The highest BCUT2D eigenvalue weighted by Gasteiger charge is 2.37. The van der Waals surface area contributed by atoms with Gasteiger partial charge in [0.2, 0.25) is 11.8 Å². The van der Waals surface area contributed by atoms with Crippen molar-refractivity contribution >= 4 is 40.6 Å². The monoisotopic (exact) mass is 429 g/mol. The molecule has 1 atom stereocenters. The number of anilines is 1. The minimum Gasteiger partial charge on any atom is -0.497 e. The number of nitrogens with one attached hydrogen (secondary N) is 1. The van der Waals surface area contributed by atoms with Gasteiger partial charge in [0.05, 0.1) is 17.9 Å². The first kappa shape index (κ1) is 19.5. The summed E-state index contributed by atoms with van der Waals surface area (Å²) < 4.78 is 10.8. The summed E-state index contributed by atoms with van der Waals surface area (Å²) in [7, 11) is 1.59. The number of carbonyl (C=O) groups excluding carboxylic acids is 2. The molecule has 2 aromatic heterocycles. The molecule has 3 heterocycles. The van der Waals surface area contributed by atoms with Gasteiger partial charge in [0.25, 0.3) is 5.91 Å². The molecule has 1 aliphatic heterocycles. The van der Waals surface area contributed by atoms with Crippen LogP contribution in [-0.4, -0.2) is 46.5 Å². The molecule has 2 amide bonds. The highest BCUT2D eigenvalue weighted by molar-refractivity contribution is 7.99. The van der Waals surface area contributed by atoms with Gasteiger partial charge in [-0.1, -0.05) is 6.07 Å². The molecule has 1 fully saturated rings. The van der Waals surface area contributed by atoms with Gasteiger partial charge < -0.3 is 19.4 Å². The Labute approximate surface area is 176 Å². The highest BCUT2D eigenvalue weighted by atomic mass is 32.2. The van der Waals surface area contributed by atoms with E-state index in [0.29, 0.717) is 34.7 Å². The van der Waals surface area contributed by atoms with Crippen LogP contribution >= 0.6 is 23.1 Å². The van der Waals surface area contributed by atoms with Crippen molar-refractivity contribution in [2.24, 2.45) is 0 Å². The van der Waals surface area contributed by atoms with Crippen LogP contribution in [0.25, 0.3) is 10.8 Å². The lowest BCUT2D eigenvalue weighted by molar-refractivity contribution is -0.119. The topological polar surface area (TPSA) is 84.7 Å². The summed E-state index contributed by atoms with van der Waals surface area (Å²) in [6.07, 6.45) is 0. The highest BCUT2D eigenvalue weighted by Crippen LogP contribution is 2.29. The number of ether oxygens (including phenoxy) is 1. The van der Waals surface area contributed by atoms with Crippen LogP contribution in [0.1, 0.15) is 16.2 Å². The van der Waals surface area contributed by atoms with Crippen LogP contribution in [0.5, 0.6) is 5.75 Å². The molecule has 150 valence electrons. The van der Waals surface area contributed by atoms with Gasteiger partial charge in [0.15, 0.2) is 5.69 Å². The predicted octanol–water partition coefficient (Wildman–Crippen LogP) is 3.87. The molecule has 3 aromatic rings. The minimum absolute atomic E-state index is 0.229. The number of aryl methyl sites for hydroxylation is 1. The van der Waals surface area contributed by atoms with Crippen molar-refractivity contribution in [1.82, 2.24) is 9.88 Å². The zero-order valence-electron chi connectivity index (χ0n) is 15.9. The number of nitrogens with zero attached hydrogens (tertiary/aromatic N) is 2. The number of rotatable bonds is 5. The van der Waals surface area contributed by atoms with Crippen molar-refractivity contribution in [2.45, 2.75) is 13.0 Å². The summed E-state index contributed by atoms with van der Waals surface area (Å²) in [5.41, 5.74) is 0.899. The van der Waals surface area contributed by atoms with Gasteiger partial charge in [-0.25, -0.2) is 4.98 Å². The first-order valence-electron chi connectivity index (χ1n) is 8.91. The molecule has 1 N–H and O–H groups in total.